The Morgan fingerprint density at radius 3 is 2.60 bits per heavy atom. The smallest absolute Gasteiger partial charge is 0.252 e. The van der Waals surface area contributed by atoms with Crippen LogP contribution in [0.25, 0.3) is 22.0 Å². The minimum atomic E-state index is -0.246. The monoisotopic (exact) mass is 542 g/mol. The Labute approximate surface area is 234 Å². The first-order valence-corrected chi connectivity index (χ1v) is 13.9. The first-order valence-electron chi connectivity index (χ1n) is 13.9. The predicted octanol–water partition coefficient (Wildman–Crippen LogP) is 4.33. The van der Waals surface area contributed by atoms with Crippen LogP contribution in [0.1, 0.15) is 53.5 Å². The van der Waals surface area contributed by atoms with Crippen molar-refractivity contribution in [1.29, 1.82) is 0 Å². The van der Waals surface area contributed by atoms with Crippen molar-refractivity contribution in [2.75, 3.05) is 38.2 Å². The highest BCUT2D eigenvalue weighted by Crippen LogP contribution is 2.34. The molecule has 0 bridgehead atoms. The van der Waals surface area contributed by atoms with Gasteiger partial charge in [-0.15, -0.1) is 0 Å². The molecule has 210 valence electrons. The zero-order chi connectivity index (χ0) is 28.4. The number of nitrogens with one attached hydrogen (secondary N) is 3. The average Bonchev–Trinajstić information content (AvgIpc) is 3.32. The second-order valence-corrected chi connectivity index (χ2v) is 10.5. The third-order valence-electron chi connectivity index (χ3n) is 7.81. The third-order valence-corrected chi connectivity index (χ3v) is 7.81. The lowest BCUT2D eigenvalue weighted by Gasteiger charge is -2.28. The fourth-order valence-corrected chi connectivity index (χ4v) is 5.42. The summed E-state index contributed by atoms with van der Waals surface area (Å²) in [6, 6.07) is 10.00. The molecule has 0 aliphatic carbocycles. The normalized spacial score (nSPS) is 14.4. The standard InChI is InChI=1S/C31H38N6O3/c1-6-21(4)37-18-19(2)29-24(30(39)34-17-25-27(38)13-20(3)35-31(25)40-5)14-23(15-26(29)37)22-7-8-28(33-16-22)36-11-9-32-10-12-36/h7-8,13-16,18,21,32H,6,9-12,17H2,1-5H3,(H,34,39)(H,35,38)/t21-/m1/s1. The number of aryl methyl sites for hydroxylation is 2. The molecule has 3 aromatic heterocycles. The van der Waals surface area contributed by atoms with Crippen LogP contribution >= 0.6 is 0 Å². The molecule has 9 nitrogen and oxygen atoms in total. The van der Waals surface area contributed by atoms with Gasteiger partial charge in [-0.05, 0) is 62.6 Å². The molecule has 4 heterocycles. The minimum Gasteiger partial charge on any atom is -0.482 e. The van der Waals surface area contributed by atoms with Gasteiger partial charge in [0, 0.05) is 78.4 Å². The largest absolute Gasteiger partial charge is 0.482 e. The molecule has 3 N–H and O–H groups in total. The highest BCUT2D eigenvalue weighted by molar-refractivity contribution is 6.09. The summed E-state index contributed by atoms with van der Waals surface area (Å²) in [5.41, 5.74) is 5.38. The summed E-state index contributed by atoms with van der Waals surface area (Å²) < 4.78 is 7.63. The number of fused-ring (bicyclic) bond motifs is 1. The van der Waals surface area contributed by atoms with Gasteiger partial charge in [0.2, 0.25) is 0 Å². The van der Waals surface area contributed by atoms with E-state index in [1.54, 1.807) is 6.92 Å². The van der Waals surface area contributed by atoms with Crippen molar-refractivity contribution in [3.63, 3.8) is 0 Å². The molecule has 4 aromatic rings. The van der Waals surface area contributed by atoms with Crippen LogP contribution in [-0.4, -0.2) is 53.7 Å². The van der Waals surface area contributed by atoms with Crippen molar-refractivity contribution in [3.8, 4) is 17.0 Å². The molecule has 1 aliphatic rings. The van der Waals surface area contributed by atoms with Gasteiger partial charge in [0.15, 0.2) is 11.3 Å². The first-order chi connectivity index (χ1) is 19.3. The predicted molar refractivity (Wildman–Crippen MR) is 160 cm³/mol. The van der Waals surface area contributed by atoms with Gasteiger partial charge in [0.1, 0.15) is 5.82 Å². The number of nitrogens with zero attached hydrogens (tertiary/aromatic N) is 3. The SMILES string of the molecule is CC[C@@H](C)n1cc(C)c2c(C(=O)NCc3c(OC)[nH]c(C)cc3=O)cc(-c3ccc(N4CCNCC4)nc3)cc21. The summed E-state index contributed by atoms with van der Waals surface area (Å²) in [6.07, 6.45) is 4.98. The number of amides is 1. The zero-order valence-electron chi connectivity index (χ0n) is 23.9. The molecule has 0 spiro atoms. The summed E-state index contributed by atoms with van der Waals surface area (Å²) in [7, 11) is 1.51. The summed E-state index contributed by atoms with van der Waals surface area (Å²) >= 11 is 0. The van der Waals surface area contributed by atoms with E-state index in [9.17, 15) is 9.59 Å². The van der Waals surface area contributed by atoms with Crippen molar-refractivity contribution >= 4 is 22.6 Å². The van der Waals surface area contributed by atoms with E-state index in [0.717, 1.165) is 66.0 Å². The van der Waals surface area contributed by atoms with E-state index in [2.05, 4.69) is 63.3 Å². The molecule has 1 amide bonds. The van der Waals surface area contributed by atoms with Gasteiger partial charge in [-0.1, -0.05) is 6.92 Å². The van der Waals surface area contributed by atoms with Crippen molar-refractivity contribution in [2.24, 2.45) is 0 Å². The van der Waals surface area contributed by atoms with Gasteiger partial charge in [0.05, 0.1) is 19.2 Å². The van der Waals surface area contributed by atoms with Gasteiger partial charge in [-0.2, -0.15) is 0 Å². The van der Waals surface area contributed by atoms with Crippen molar-refractivity contribution in [1.82, 2.24) is 25.2 Å². The molecule has 1 atom stereocenters. The molecular formula is C31H38N6O3. The molecule has 9 heteroatoms. The van der Waals surface area contributed by atoms with E-state index in [-0.39, 0.29) is 23.9 Å². The van der Waals surface area contributed by atoms with Crippen molar-refractivity contribution in [3.05, 3.63) is 75.3 Å². The molecule has 1 fully saturated rings. The molecule has 1 aromatic carbocycles. The fourth-order valence-electron chi connectivity index (χ4n) is 5.42. The van der Waals surface area contributed by atoms with Crippen LogP contribution in [-0.2, 0) is 6.54 Å². The van der Waals surface area contributed by atoms with Gasteiger partial charge in [0.25, 0.3) is 5.91 Å². The molecule has 0 unspecified atom stereocenters. The first kappa shape index (κ1) is 27.5. The quantitative estimate of drug-likeness (QED) is 0.306. The van der Waals surface area contributed by atoms with Crippen LogP contribution in [0.15, 0.2) is 47.5 Å². The summed E-state index contributed by atoms with van der Waals surface area (Å²) in [5.74, 6) is 1.07. The molecule has 0 saturated carbocycles. The lowest BCUT2D eigenvalue weighted by molar-refractivity contribution is 0.0952. The number of methoxy groups -OCH3 is 1. The topological polar surface area (TPSA) is 104 Å². The maximum Gasteiger partial charge on any atom is 0.252 e. The second-order valence-electron chi connectivity index (χ2n) is 10.5. The van der Waals surface area contributed by atoms with Crippen LogP contribution < -0.4 is 25.7 Å². The van der Waals surface area contributed by atoms with E-state index in [4.69, 9.17) is 9.72 Å². The Balaban J connectivity index is 1.54. The van der Waals surface area contributed by atoms with Gasteiger partial charge >= 0.3 is 0 Å². The lowest BCUT2D eigenvalue weighted by Crippen LogP contribution is -2.43. The number of aromatic nitrogens is 3. The van der Waals surface area contributed by atoms with Crippen molar-refractivity contribution in [2.45, 2.75) is 46.7 Å². The van der Waals surface area contributed by atoms with E-state index in [0.29, 0.717) is 22.7 Å². The van der Waals surface area contributed by atoms with Crippen LogP contribution in [0.3, 0.4) is 0 Å². The number of hydrogen-bond donors (Lipinski definition) is 3. The van der Waals surface area contributed by atoms with Crippen LogP contribution in [0.4, 0.5) is 5.82 Å². The number of piperazine rings is 1. The Morgan fingerprint density at radius 2 is 1.93 bits per heavy atom. The van der Waals surface area contributed by atoms with E-state index < -0.39 is 0 Å². The number of rotatable bonds is 8. The van der Waals surface area contributed by atoms with Gasteiger partial charge in [-0.25, -0.2) is 4.98 Å². The number of anilines is 1. The third kappa shape index (κ3) is 5.34. The Bertz CT molecular complexity index is 1580. The number of H-pyrrole nitrogens is 1. The fraction of sp³-hybridized carbons (Fsp3) is 0.387. The van der Waals surface area contributed by atoms with Crippen LogP contribution in [0.2, 0.25) is 0 Å². The molecule has 5 rings (SSSR count). The van der Waals surface area contributed by atoms with Gasteiger partial charge < -0.3 is 29.8 Å². The maximum absolute atomic E-state index is 13.8. The molecule has 40 heavy (non-hydrogen) atoms. The maximum atomic E-state index is 13.8. The summed E-state index contributed by atoms with van der Waals surface area (Å²) in [4.78, 5) is 36.5. The zero-order valence-corrected chi connectivity index (χ0v) is 23.9. The number of carbonyl (C=O) groups is 1. The van der Waals surface area contributed by atoms with Gasteiger partial charge in [-0.3, -0.25) is 9.59 Å². The van der Waals surface area contributed by atoms with Crippen molar-refractivity contribution < 1.29 is 9.53 Å². The Hall–Kier alpha value is -4.11. The molecule has 1 aliphatic heterocycles. The van der Waals surface area contributed by atoms with Crippen LogP contribution in [0.5, 0.6) is 5.88 Å². The van der Waals surface area contributed by atoms with E-state index in [1.807, 2.05) is 19.2 Å². The second kappa shape index (κ2) is 11.6. The molecule has 1 saturated heterocycles. The number of carbonyl (C=O) groups excluding carboxylic acids is 1. The lowest BCUT2D eigenvalue weighted by atomic mass is 9.98. The van der Waals surface area contributed by atoms with Crippen LogP contribution in [0, 0.1) is 13.8 Å². The minimum absolute atomic E-state index is 0.0510. The number of hydrogen-bond acceptors (Lipinski definition) is 6. The summed E-state index contributed by atoms with van der Waals surface area (Å²) in [6.45, 7) is 12.0. The number of benzene rings is 1. The van der Waals surface area contributed by atoms with E-state index >= 15 is 0 Å². The number of pyridine rings is 2. The average molecular weight is 543 g/mol. The Kier molecular flexibility index (Phi) is 7.93. The van der Waals surface area contributed by atoms with E-state index in [1.165, 1.54) is 13.2 Å². The number of ether oxygens (including phenoxy) is 1. The summed E-state index contributed by atoms with van der Waals surface area (Å²) in [5, 5.41) is 7.26. The number of aromatic amines is 1. The highest BCUT2D eigenvalue weighted by atomic mass is 16.5. The molecule has 0 radical (unpaired) electrons. The Morgan fingerprint density at radius 1 is 1.15 bits per heavy atom. The molecular weight excluding hydrogens is 504 g/mol. The highest BCUT2D eigenvalue weighted by Gasteiger charge is 2.21.